The Hall–Kier alpha value is -3.35. The van der Waals surface area contributed by atoms with Crippen molar-refractivity contribution >= 4 is 23.0 Å². The number of anilines is 1. The summed E-state index contributed by atoms with van der Waals surface area (Å²) in [5.74, 6) is -0.479. The van der Waals surface area contributed by atoms with Gasteiger partial charge in [-0.15, -0.1) is 0 Å². The van der Waals surface area contributed by atoms with Crippen molar-refractivity contribution in [2.45, 2.75) is 25.6 Å². The maximum absolute atomic E-state index is 13.4. The summed E-state index contributed by atoms with van der Waals surface area (Å²) in [6, 6.07) is 11.7. The van der Waals surface area contributed by atoms with Crippen molar-refractivity contribution in [1.82, 2.24) is 0 Å². The predicted molar refractivity (Wildman–Crippen MR) is 109 cm³/mol. The van der Waals surface area contributed by atoms with Crippen molar-refractivity contribution in [3.63, 3.8) is 0 Å². The monoisotopic (exact) mass is 412 g/mol. The van der Waals surface area contributed by atoms with Gasteiger partial charge in [0.15, 0.2) is 0 Å². The third kappa shape index (κ3) is 3.20. The van der Waals surface area contributed by atoms with Crippen LogP contribution in [0.15, 0.2) is 77.5 Å². The van der Waals surface area contributed by atoms with Crippen molar-refractivity contribution in [2.75, 3.05) is 4.90 Å². The zero-order valence-corrected chi connectivity index (χ0v) is 16.3. The number of benzene rings is 2. The average molecular weight is 412 g/mol. The first kappa shape index (κ1) is 19.9. The van der Waals surface area contributed by atoms with Crippen LogP contribution >= 0.6 is 0 Å². The molecule has 2 aromatic rings. The highest BCUT2D eigenvalue weighted by atomic mass is 19.4. The van der Waals surface area contributed by atoms with Gasteiger partial charge in [0.1, 0.15) is 11.5 Å². The van der Waals surface area contributed by atoms with Gasteiger partial charge in [0.2, 0.25) is 0 Å². The molecule has 0 saturated heterocycles. The highest BCUT2D eigenvalue weighted by Crippen LogP contribution is 2.42. The van der Waals surface area contributed by atoms with Gasteiger partial charge >= 0.3 is 6.18 Å². The lowest BCUT2D eigenvalue weighted by atomic mass is 9.81. The molecule has 1 amide bonds. The van der Waals surface area contributed by atoms with E-state index in [-0.39, 0.29) is 23.1 Å². The molecule has 2 atom stereocenters. The number of amides is 1. The van der Waals surface area contributed by atoms with Gasteiger partial charge in [-0.1, -0.05) is 37.3 Å². The Kier molecular flexibility index (Phi) is 4.56. The van der Waals surface area contributed by atoms with Crippen LogP contribution in [-0.2, 0) is 11.0 Å². The van der Waals surface area contributed by atoms with Crippen LogP contribution in [0.25, 0.3) is 0 Å². The second-order valence-electron chi connectivity index (χ2n) is 7.61. The smallest absolute Gasteiger partial charge is 0.416 e. The normalized spacial score (nSPS) is 24.9. The van der Waals surface area contributed by atoms with Crippen molar-refractivity contribution in [1.29, 1.82) is 0 Å². The van der Waals surface area contributed by atoms with E-state index in [1.165, 1.54) is 18.2 Å². The number of allylic oxidation sites excluding steroid dienone is 1. The minimum atomic E-state index is -4.50. The van der Waals surface area contributed by atoms with Gasteiger partial charge in [-0.2, -0.15) is 13.2 Å². The Labute approximate surface area is 171 Å². The number of aliphatic hydroxyl groups excluding tert-OH is 1. The van der Waals surface area contributed by atoms with Crippen LogP contribution in [0, 0.1) is 5.92 Å². The summed E-state index contributed by atoms with van der Waals surface area (Å²) in [6.07, 6.45) is 0.467. The number of rotatable bonds is 2. The SMILES string of the molecule is CC1C=C(O)C=CC1(C)N1C(=O)C(=Nc2cccc(C(F)(F)F)c2)c2ccccc21. The molecule has 0 bridgehead atoms. The number of hydrogen-bond acceptors (Lipinski definition) is 3. The molecule has 2 unspecified atom stereocenters. The van der Waals surface area contributed by atoms with Crippen molar-refractivity contribution in [3.05, 3.63) is 83.6 Å². The summed E-state index contributed by atoms with van der Waals surface area (Å²) in [7, 11) is 0. The number of aliphatic hydroxyl groups is 1. The molecule has 2 aliphatic rings. The Morgan fingerprint density at radius 3 is 2.57 bits per heavy atom. The van der Waals surface area contributed by atoms with E-state index in [1.807, 2.05) is 13.8 Å². The molecule has 30 heavy (non-hydrogen) atoms. The van der Waals surface area contributed by atoms with Gasteiger partial charge in [0, 0.05) is 11.5 Å². The minimum Gasteiger partial charge on any atom is -0.508 e. The number of hydrogen-bond donors (Lipinski definition) is 1. The molecule has 0 radical (unpaired) electrons. The van der Waals surface area contributed by atoms with Crippen molar-refractivity contribution in [2.24, 2.45) is 10.9 Å². The Morgan fingerprint density at radius 1 is 1.13 bits per heavy atom. The molecule has 0 spiro atoms. The predicted octanol–water partition coefficient (Wildman–Crippen LogP) is 5.58. The van der Waals surface area contributed by atoms with Crippen LogP contribution in [0.3, 0.4) is 0 Å². The lowest BCUT2D eigenvalue weighted by molar-refractivity contribution is -0.137. The van der Waals surface area contributed by atoms with Crippen molar-refractivity contribution in [3.8, 4) is 0 Å². The molecule has 1 N–H and O–H groups in total. The van der Waals surface area contributed by atoms with E-state index in [2.05, 4.69) is 4.99 Å². The Balaban J connectivity index is 1.82. The van der Waals surface area contributed by atoms with Gasteiger partial charge in [-0.25, -0.2) is 4.99 Å². The molecule has 0 saturated carbocycles. The van der Waals surface area contributed by atoms with Crippen LogP contribution < -0.4 is 4.90 Å². The second-order valence-corrected chi connectivity index (χ2v) is 7.61. The highest BCUT2D eigenvalue weighted by molar-refractivity contribution is 6.55. The average Bonchev–Trinajstić information content (AvgIpc) is 2.97. The molecule has 1 heterocycles. The molecular formula is C23H19F3N2O2. The maximum Gasteiger partial charge on any atom is 0.416 e. The lowest BCUT2D eigenvalue weighted by Crippen LogP contribution is -2.52. The Morgan fingerprint density at radius 2 is 1.87 bits per heavy atom. The Bertz CT molecular complexity index is 1120. The third-order valence-corrected chi connectivity index (χ3v) is 5.64. The first-order chi connectivity index (χ1) is 14.1. The van der Waals surface area contributed by atoms with E-state index in [0.29, 0.717) is 11.3 Å². The van der Waals surface area contributed by atoms with Crippen LogP contribution in [0.5, 0.6) is 0 Å². The number of fused-ring (bicyclic) bond motifs is 1. The molecular weight excluding hydrogens is 393 g/mol. The number of carbonyl (C=O) groups is 1. The molecule has 154 valence electrons. The molecule has 7 heteroatoms. The first-order valence-corrected chi connectivity index (χ1v) is 9.41. The molecule has 1 aliphatic heterocycles. The fourth-order valence-corrected chi connectivity index (χ4v) is 3.83. The second kappa shape index (κ2) is 6.86. The van der Waals surface area contributed by atoms with E-state index in [1.54, 1.807) is 41.3 Å². The molecule has 4 rings (SSSR count). The van der Waals surface area contributed by atoms with Gasteiger partial charge in [-0.05, 0) is 43.3 Å². The van der Waals surface area contributed by atoms with E-state index >= 15 is 0 Å². The van der Waals surface area contributed by atoms with Gasteiger partial charge in [0.25, 0.3) is 5.91 Å². The van der Waals surface area contributed by atoms with E-state index < -0.39 is 23.2 Å². The number of aliphatic imine (C=N–C) groups is 1. The number of halogens is 3. The van der Waals surface area contributed by atoms with E-state index in [0.717, 1.165) is 12.1 Å². The van der Waals surface area contributed by atoms with Gasteiger partial charge in [0.05, 0.1) is 22.5 Å². The van der Waals surface area contributed by atoms with E-state index in [4.69, 9.17) is 0 Å². The topological polar surface area (TPSA) is 52.9 Å². The number of para-hydroxylation sites is 1. The molecule has 1 aliphatic carbocycles. The summed E-state index contributed by atoms with van der Waals surface area (Å²) in [5.41, 5.74) is -0.269. The van der Waals surface area contributed by atoms with Crippen molar-refractivity contribution < 1.29 is 23.1 Å². The summed E-state index contributed by atoms with van der Waals surface area (Å²) >= 11 is 0. The van der Waals surface area contributed by atoms with Crippen LogP contribution in [0.4, 0.5) is 24.5 Å². The standard InChI is InChI=1S/C23H19F3N2O2/c1-14-12-17(29)10-11-22(14,2)28-19-9-4-3-8-18(19)20(21(28)30)27-16-7-5-6-15(13-16)23(24,25)26/h3-14,29H,1-2H3. The quantitative estimate of drug-likeness (QED) is 0.700. The molecule has 0 aromatic heterocycles. The zero-order valence-electron chi connectivity index (χ0n) is 16.3. The summed E-state index contributed by atoms with van der Waals surface area (Å²) in [4.78, 5) is 19.3. The number of alkyl halides is 3. The largest absolute Gasteiger partial charge is 0.508 e. The van der Waals surface area contributed by atoms with E-state index in [9.17, 15) is 23.1 Å². The first-order valence-electron chi connectivity index (χ1n) is 9.41. The van der Waals surface area contributed by atoms with Crippen LogP contribution in [0.2, 0.25) is 0 Å². The fourth-order valence-electron chi connectivity index (χ4n) is 3.83. The maximum atomic E-state index is 13.4. The van der Waals surface area contributed by atoms with Gasteiger partial charge < -0.3 is 5.11 Å². The molecule has 0 fully saturated rings. The summed E-state index contributed by atoms with van der Waals surface area (Å²) < 4.78 is 39.2. The molecule has 2 aromatic carbocycles. The highest BCUT2D eigenvalue weighted by Gasteiger charge is 2.46. The summed E-state index contributed by atoms with van der Waals surface area (Å²) in [5, 5.41) is 9.81. The van der Waals surface area contributed by atoms with Crippen LogP contribution in [0.1, 0.15) is 25.0 Å². The number of nitrogens with zero attached hydrogens (tertiary/aromatic N) is 2. The van der Waals surface area contributed by atoms with Gasteiger partial charge in [-0.3, -0.25) is 9.69 Å². The third-order valence-electron chi connectivity index (χ3n) is 5.64. The fraction of sp³-hybridized carbons (Fsp3) is 0.217. The lowest BCUT2D eigenvalue weighted by Gasteiger charge is -2.41. The zero-order chi connectivity index (χ0) is 21.7. The van der Waals surface area contributed by atoms with Crippen LogP contribution in [-0.4, -0.2) is 22.3 Å². The number of carbonyl (C=O) groups excluding carboxylic acids is 1. The minimum absolute atomic E-state index is 0.0553. The molecule has 4 nitrogen and oxygen atoms in total. The summed E-state index contributed by atoms with van der Waals surface area (Å²) in [6.45, 7) is 3.76.